The van der Waals surface area contributed by atoms with Crippen molar-refractivity contribution in [3.8, 4) is 0 Å². The van der Waals surface area contributed by atoms with Crippen molar-refractivity contribution in [2.75, 3.05) is 26.7 Å². The first-order valence-electron chi connectivity index (χ1n) is 8.59. The molecular formula is C17H27IN8O. The zero-order chi connectivity index (χ0) is 18.8. The van der Waals surface area contributed by atoms with Crippen molar-refractivity contribution in [3.63, 3.8) is 0 Å². The summed E-state index contributed by atoms with van der Waals surface area (Å²) in [6.45, 7) is 3.84. The lowest BCUT2D eigenvalue weighted by Crippen LogP contribution is -2.44. The van der Waals surface area contributed by atoms with Gasteiger partial charge in [-0.1, -0.05) is 6.07 Å². The average molecular weight is 486 g/mol. The van der Waals surface area contributed by atoms with Crippen LogP contribution >= 0.6 is 24.0 Å². The van der Waals surface area contributed by atoms with E-state index in [4.69, 9.17) is 0 Å². The quantitative estimate of drug-likeness (QED) is 0.322. The smallest absolute Gasteiger partial charge is 0.241 e. The predicted molar refractivity (Wildman–Crippen MR) is 115 cm³/mol. The van der Waals surface area contributed by atoms with E-state index in [0.717, 1.165) is 17.9 Å². The largest absolute Gasteiger partial charge is 0.357 e. The minimum Gasteiger partial charge on any atom is -0.357 e. The number of pyridine rings is 1. The third-order valence-corrected chi connectivity index (χ3v) is 3.79. The molecular weight excluding hydrogens is 459 g/mol. The fourth-order valence-corrected chi connectivity index (χ4v) is 2.20. The van der Waals surface area contributed by atoms with E-state index in [1.807, 2.05) is 32.2 Å². The number of hydrogen-bond donors (Lipinski definition) is 2. The van der Waals surface area contributed by atoms with E-state index in [9.17, 15) is 4.79 Å². The Morgan fingerprint density at radius 1 is 1.30 bits per heavy atom. The molecule has 0 saturated heterocycles. The number of likely N-dealkylation sites (N-methyl/N-ethyl adjacent to an activating group) is 1. The molecule has 1 amide bonds. The summed E-state index contributed by atoms with van der Waals surface area (Å²) in [7, 11) is 3.61. The third-order valence-electron chi connectivity index (χ3n) is 3.79. The van der Waals surface area contributed by atoms with Gasteiger partial charge in [0.05, 0.1) is 6.54 Å². The monoisotopic (exact) mass is 486 g/mol. The van der Waals surface area contributed by atoms with Gasteiger partial charge in [-0.2, -0.15) is 5.10 Å². The molecule has 0 saturated carbocycles. The lowest BCUT2D eigenvalue weighted by Gasteiger charge is -2.18. The number of halogens is 1. The highest BCUT2D eigenvalue weighted by Gasteiger charge is 2.10. The molecule has 2 aromatic rings. The lowest BCUT2D eigenvalue weighted by atomic mass is 10.2. The molecule has 2 heterocycles. The van der Waals surface area contributed by atoms with Crippen LogP contribution < -0.4 is 10.6 Å². The topological polar surface area (TPSA) is 100 Å². The van der Waals surface area contributed by atoms with Crippen LogP contribution in [0.5, 0.6) is 0 Å². The van der Waals surface area contributed by atoms with Gasteiger partial charge in [-0.3, -0.25) is 14.5 Å². The fraction of sp³-hybridized carbons (Fsp3) is 0.471. The highest BCUT2D eigenvalue weighted by atomic mass is 127. The molecule has 2 N–H and O–H groups in total. The number of guanidine groups is 1. The highest BCUT2D eigenvalue weighted by molar-refractivity contribution is 14.0. The Labute approximate surface area is 176 Å². The molecule has 0 radical (unpaired) electrons. The van der Waals surface area contributed by atoms with Gasteiger partial charge in [0.25, 0.3) is 0 Å². The lowest BCUT2D eigenvalue weighted by molar-refractivity contribution is -0.128. The highest BCUT2D eigenvalue weighted by Crippen LogP contribution is 1.97. The van der Waals surface area contributed by atoms with Crippen LogP contribution in [0.1, 0.15) is 18.4 Å². The maximum absolute atomic E-state index is 12.3. The van der Waals surface area contributed by atoms with E-state index in [2.05, 4.69) is 30.7 Å². The molecule has 27 heavy (non-hydrogen) atoms. The molecule has 0 aliphatic rings. The summed E-state index contributed by atoms with van der Waals surface area (Å²) < 4.78 is 1.67. The van der Waals surface area contributed by atoms with Crippen LogP contribution in [0.2, 0.25) is 0 Å². The average Bonchev–Trinajstić information content (AvgIpc) is 3.07. The predicted octanol–water partition coefficient (Wildman–Crippen LogP) is 0.584. The van der Waals surface area contributed by atoms with Crippen molar-refractivity contribution in [3.05, 3.63) is 42.2 Å². The molecule has 2 rings (SSSR count). The Hall–Kier alpha value is -2.24. The summed E-state index contributed by atoms with van der Waals surface area (Å²) in [5.74, 6) is 1.31. The van der Waals surface area contributed by atoms with E-state index < -0.39 is 0 Å². The first-order chi connectivity index (χ1) is 12.6. The van der Waals surface area contributed by atoms with Crippen molar-refractivity contribution in [2.24, 2.45) is 12.0 Å². The summed E-state index contributed by atoms with van der Waals surface area (Å²) in [4.78, 5) is 26.8. The van der Waals surface area contributed by atoms with Crippen molar-refractivity contribution in [1.82, 2.24) is 35.3 Å². The Balaban J connectivity index is 0.00000364. The van der Waals surface area contributed by atoms with Gasteiger partial charge < -0.3 is 15.5 Å². The number of aromatic nitrogens is 4. The fourth-order valence-electron chi connectivity index (χ4n) is 2.20. The Morgan fingerprint density at radius 3 is 2.74 bits per heavy atom. The number of rotatable bonds is 8. The van der Waals surface area contributed by atoms with Crippen molar-refractivity contribution < 1.29 is 4.79 Å². The molecule has 10 heteroatoms. The molecule has 0 atom stereocenters. The van der Waals surface area contributed by atoms with Crippen LogP contribution in [0, 0.1) is 0 Å². The Kier molecular flexibility index (Phi) is 10.3. The van der Waals surface area contributed by atoms with E-state index in [-0.39, 0.29) is 36.4 Å². The third kappa shape index (κ3) is 7.89. The minimum absolute atomic E-state index is 0. The van der Waals surface area contributed by atoms with Gasteiger partial charge in [-0.15, -0.1) is 24.0 Å². The normalized spacial score (nSPS) is 10.9. The van der Waals surface area contributed by atoms with Crippen molar-refractivity contribution in [1.29, 1.82) is 0 Å². The summed E-state index contributed by atoms with van der Waals surface area (Å²) in [5, 5.41) is 10.2. The van der Waals surface area contributed by atoms with Crippen LogP contribution in [-0.4, -0.2) is 63.2 Å². The molecule has 0 aliphatic heterocycles. The summed E-state index contributed by atoms with van der Waals surface area (Å²) in [6.07, 6.45) is 3.98. The van der Waals surface area contributed by atoms with Crippen LogP contribution in [0.15, 0.2) is 35.7 Å². The van der Waals surface area contributed by atoms with E-state index in [1.54, 1.807) is 22.8 Å². The first kappa shape index (κ1) is 22.8. The number of nitrogens with zero attached hydrogens (tertiary/aromatic N) is 6. The standard InChI is InChI=1S/C17H26N8O.HI/c1-4-18-17(20-11-15-22-13-23-25(15)3)21-12-16(26)24(2)10-8-14-7-5-6-9-19-14;/h5-7,9,13H,4,8,10-12H2,1-3H3,(H2,18,20,21);1H. The second-order valence-electron chi connectivity index (χ2n) is 5.73. The second-order valence-corrected chi connectivity index (χ2v) is 5.73. The SMILES string of the molecule is CCNC(=NCc1ncnn1C)NCC(=O)N(C)CCc1ccccn1.I. The maximum Gasteiger partial charge on any atom is 0.241 e. The van der Waals surface area contributed by atoms with Crippen LogP contribution in [0.4, 0.5) is 0 Å². The molecule has 0 aliphatic carbocycles. The van der Waals surface area contributed by atoms with Crippen LogP contribution in [0.25, 0.3) is 0 Å². The molecule has 0 fully saturated rings. The molecule has 0 spiro atoms. The zero-order valence-electron chi connectivity index (χ0n) is 15.9. The molecule has 0 unspecified atom stereocenters. The number of carbonyl (C=O) groups excluding carboxylic acids is 1. The number of nitrogens with one attached hydrogen (secondary N) is 2. The molecule has 0 aromatic carbocycles. The van der Waals surface area contributed by atoms with Crippen molar-refractivity contribution in [2.45, 2.75) is 19.9 Å². The van der Waals surface area contributed by atoms with Gasteiger partial charge >= 0.3 is 0 Å². The summed E-state index contributed by atoms with van der Waals surface area (Å²) >= 11 is 0. The van der Waals surface area contributed by atoms with Crippen molar-refractivity contribution >= 4 is 35.8 Å². The summed E-state index contributed by atoms with van der Waals surface area (Å²) in [6, 6.07) is 5.78. The van der Waals surface area contributed by atoms with E-state index in [0.29, 0.717) is 25.6 Å². The van der Waals surface area contributed by atoms with Gasteiger partial charge in [0.15, 0.2) is 5.96 Å². The van der Waals surface area contributed by atoms with Crippen LogP contribution in [-0.2, 0) is 24.8 Å². The van der Waals surface area contributed by atoms with E-state index >= 15 is 0 Å². The van der Waals surface area contributed by atoms with E-state index in [1.165, 1.54) is 6.33 Å². The second kappa shape index (κ2) is 12.2. The van der Waals surface area contributed by atoms with Gasteiger partial charge in [-0.25, -0.2) is 9.98 Å². The maximum atomic E-state index is 12.3. The Morgan fingerprint density at radius 2 is 2.11 bits per heavy atom. The molecule has 2 aromatic heterocycles. The number of hydrogen-bond acceptors (Lipinski definition) is 5. The molecule has 0 bridgehead atoms. The number of carbonyl (C=O) groups is 1. The number of amides is 1. The van der Waals surface area contributed by atoms with Gasteiger partial charge in [0.1, 0.15) is 18.7 Å². The minimum atomic E-state index is -0.00908. The summed E-state index contributed by atoms with van der Waals surface area (Å²) in [5.41, 5.74) is 0.971. The number of aryl methyl sites for hydroxylation is 1. The van der Waals surface area contributed by atoms with Gasteiger partial charge in [0, 0.05) is 45.5 Å². The number of aliphatic imine (C=N–C) groups is 1. The first-order valence-corrected chi connectivity index (χ1v) is 8.59. The Bertz CT molecular complexity index is 719. The molecule has 148 valence electrons. The molecule has 9 nitrogen and oxygen atoms in total. The van der Waals surface area contributed by atoms with Crippen LogP contribution in [0.3, 0.4) is 0 Å². The van der Waals surface area contributed by atoms with Gasteiger partial charge in [-0.05, 0) is 19.1 Å². The zero-order valence-corrected chi connectivity index (χ0v) is 18.3. The van der Waals surface area contributed by atoms with Gasteiger partial charge in [0.2, 0.25) is 5.91 Å².